The Bertz CT molecular complexity index is 1020. The topological polar surface area (TPSA) is 108 Å². The van der Waals surface area contributed by atoms with Crippen molar-refractivity contribution in [2.24, 2.45) is 0 Å². The number of hydrogen-bond acceptors (Lipinski definition) is 6. The molecule has 0 aliphatic carbocycles. The van der Waals surface area contributed by atoms with Crippen molar-refractivity contribution in [2.45, 2.75) is 0 Å². The van der Waals surface area contributed by atoms with Gasteiger partial charge in [-0.05, 0) is 18.2 Å². The molecule has 4 N–H and O–H groups in total. The molecular formula is C14H10ClN7. The van der Waals surface area contributed by atoms with Crippen molar-refractivity contribution in [1.82, 2.24) is 24.3 Å². The normalized spacial score (nSPS) is 11.3. The molecule has 0 unspecified atom stereocenters. The lowest BCUT2D eigenvalue weighted by atomic mass is 10.1. The van der Waals surface area contributed by atoms with Gasteiger partial charge in [0, 0.05) is 29.5 Å². The highest BCUT2D eigenvalue weighted by Gasteiger charge is 2.18. The molecule has 0 bridgehead atoms. The second-order valence-electron chi connectivity index (χ2n) is 4.72. The van der Waals surface area contributed by atoms with E-state index in [0.717, 1.165) is 16.5 Å². The van der Waals surface area contributed by atoms with E-state index >= 15 is 0 Å². The van der Waals surface area contributed by atoms with Crippen LogP contribution in [-0.2, 0) is 0 Å². The lowest BCUT2D eigenvalue weighted by Gasteiger charge is -2.02. The van der Waals surface area contributed by atoms with Crippen LogP contribution in [0.2, 0.25) is 5.02 Å². The maximum Gasteiger partial charge on any atom is 0.220 e. The SMILES string of the molecule is Nc1nccc(-c2c3cc(Cl)cnc3n3c(N)nccc23)n1. The van der Waals surface area contributed by atoms with Crippen LogP contribution in [0.15, 0.2) is 36.8 Å². The largest absolute Gasteiger partial charge is 0.369 e. The summed E-state index contributed by atoms with van der Waals surface area (Å²) >= 11 is 6.10. The van der Waals surface area contributed by atoms with Crippen molar-refractivity contribution in [2.75, 3.05) is 11.5 Å². The first-order chi connectivity index (χ1) is 10.6. The van der Waals surface area contributed by atoms with Crippen LogP contribution < -0.4 is 11.5 Å². The maximum absolute atomic E-state index is 6.10. The standard InChI is InChI=1S/C14H10ClN7/c15-7-5-8-11(9-1-3-18-13(16)21-9)10-2-4-19-14(17)22(10)12(8)20-6-7/h1-6H,(H2,17,19)(H2,16,18,21). The van der Waals surface area contributed by atoms with Crippen molar-refractivity contribution < 1.29 is 0 Å². The highest BCUT2D eigenvalue weighted by atomic mass is 35.5. The zero-order chi connectivity index (χ0) is 15.3. The van der Waals surface area contributed by atoms with E-state index in [1.165, 1.54) is 0 Å². The predicted octanol–water partition coefficient (Wildman–Crippen LogP) is 2.16. The molecule has 0 spiro atoms. The molecule has 4 rings (SSSR count). The third kappa shape index (κ3) is 1.76. The van der Waals surface area contributed by atoms with Crippen LogP contribution in [-0.4, -0.2) is 24.3 Å². The van der Waals surface area contributed by atoms with Gasteiger partial charge in [0.2, 0.25) is 11.9 Å². The van der Waals surface area contributed by atoms with E-state index in [-0.39, 0.29) is 5.95 Å². The maximum atomic E-state index is 6.10. The highest BCUT2D eigenvalue weighted by molar-refractivity contribution is 6.31. The van der Waals surface area contributed by atoms with Crippen LogP contribution in [0.5, 0.6) is 0 Å². The van der Waals surface area contributed by atoms with Crippen molar-refractivity contribution in [3.05, 3.63) is 41.8 Å². The van der Waals surface area contributed by atoms with Gasteiger partial charge in [-0.2, -0.15) is 0 Å². The van der Waals surface area contributed by atoms with Gasteiger partial charge in [-0.15, -0.1) is 0 Å². The lowest BCUT2D eigenvalue weighted by molar-refractivity contribution is 1.12. The average Bonchev–Trinajstić information content (AvgIpc) is 2.81. The fourth-order valence-corrected chi connectivity index (χ4v) is 2.73. The molecule has 4 heterocycles. The van der Waals surface area contributed by atoms with E-state index in [0.29, 0.717) is 22.3 Å². The van der Waals surface area contributed by atoms with Gasteiger partial charge in [-0.25, -0.2) is 19.9 Å². The van der Waals surface area contributed by atoms with Crippen molar-refractivity contribution in [3.63, 3.8) is 0 Å². The summed E-state index contributed by atoms with van der Waals surface area (Å²) in [6.45, 7) is 0. The van der Waals surface area contributed by atoms with Gasteiger partial charge < -0.3 is 11.5 Å². The Morgan fingerprint density at radius 3 is 2.68 bits per heavy atom. The number of nitrogens with two attached hydrogens (primary N) is 2. The molecule has 4 aromatic rings. The van der Waals surface area contributed by atoms with E-state index in [9.17, 15) is 0 Å². The number of rotatable bonds is 1. The van der Waals surface area contributed by atoms with Crippen LogP contribution in [0.25, 0.3) is 27.8 Å². The van der Waals surface area contributed by atoms with Gasteiger partial charge in [-0.3, -0.25) is 4.40 Å². The van der Waals surface area contributed by atoms with Gasteiger partial charge in [-0.1, -0.05) is 11.6 Å². The fourth-order valence-electron chi connectivity index (χ4n) is 2.57. The van der Waals surface area contributed by atoms with Crippen molar-refractivity contribution in [3.8, 4) is 11.3 Å². The number of fused-ring (bicyclic) bond motifs is 3. The third-order valence-electron chi connectivity index (χ3n) is 3.41. The van der Waals surface area contributed by atoms with E-state index in [4.69, 9.17) is 23.1 Å². The predicted molar refractivity (Wildman–Crippen MR) is 85.4 cm³/mol. The summed E-state index contributed by atoms with van der Waals surface area (Å²) in [6, 6.07) is 5.45. The van der Waals surface area contributed by atoms with E-state index in [1.807, 2.05) is 12.1 Å². The van der Waals surface area contributed by atoms with E-state index in [1.54, 1.807) is 29.1 Å². The summed E-state index contributed by atoms with van der Waals surface area (Å²) in [5.41, 5.74) is 14.7. The van der Waals surface area contributed by atoms with Crippen LogP contribution in [0, 0.1) is 0 Å². The Morgan fingerprint density at radius 1 is 1.05 bits per heavy atom. The minimum atomic E-state index is 0.196. The summed E-state index contributed by atoms with van der Waals surface area (Å²) in [5, 5.41) is 1.35. The first-order valence-electron chi connectivity index (χ1n) is 6.44. The number of anilines is 2. The molecule has 4 aromatic heterocycles. The summed E-state index contributed by atoms with van der Waals surface area (Å²) in [7, 11) is 0. The van der Waals surface area contributed by atoms with Gasteiger partial charge in [0.1, 0.15) is 5.65 Å². The highest BCUT2D eigenvalue weighted by Crippen LogP contribution is 2.35. The Morgan fingerprint density at radius 2 is 1.86 bits per heavy atom. The van der Waals surface area contributed by atoms with Gasteiger partial charge >= 0.3 is 0 Å². The van der Waals surface area contributed by atoms with Gasteiger partial charge in [0.25, 0.3) is 0 Å². The lowest BCUT2D eigenvalue weighted by Crippen LogP contribution is -2.00. The molecule has 8 heteroatoms. The summed E-state index contributed by atoms with van der Waals surface area (Å²) in [6.07, 6.45) is 4.82. The van der Waals surface area contributed by atoms with Gasteiger partial charge in [0.05, 0.1) is 16.2 Å². The van der Waals surface area contributed by atoms with Gasteiger partial charge in [0.15, 0.2) is 0 Å². The molecule has 108 valence electrons. The van der Waals surface area contributed by atoms with E-state index < -0.39 is 0 Å². The summed E-state index contributed by atoms with van der Waals surface area (Å²) in [4.78, 5) is 16.7. The number of aromatic nitrogens is 5. The number of halogens is 1. The van der Waals surface area contributed by atoms with Crippen molar-refractivity contribution in [1.29, 1.82) is 0 Å². The molecule has 0 aliphatic heterocycles. The molecule has 0 saturated carbocycles. The number of nitrogen functional groups attached to an aromatic ring is 2. The molecule has 0 radical (unpaired) electrons. The molecule has 22 heavy (non-hydrogen) atoms. The summed E-state index contributed by atoms with van der Waals surface area (Å²) in [5.74, 6) is 0.535. The molecule has 7 nitrogen and oxygen atoms in total. The molecule has 0 atom stereocenters. The quantitative estimate of drug-likeness (QED) is 0.557. The first-order valence-corrected chi connectivity index (χ1v) is 6.82. The second kappa shape index (κ2) is 4.54. The molecule has 0 amide bonds. The first kappa shape index (κ1) is 12.8. The molecule has 0 saturated heterocycles. The van der Waals surface area contributed by atoms with E-state index in [2.05, 4.69) is 19.9 Å². The number of pyridine rings is 1. The zero-order valence-electron chi connectivity index (χ0n) is 11.2. The zero-order valence-corrected chi connectivity index (χ0v) is 12.0. The third-order valence-corrected chi connectivity index (χ3v) is 3.62. The Kier molecular flexibility index (Phi) is 2.64. The smallest absolute Gasteiger partial charge is 0.220 e. The molecule has 0 aromatic carbocycles. The van der Waals surface area contributed by atoms with Crippen LogP contribution >= 0.6 is 11.6 Å². The fraction of sp³-hybridized carbons (Fsp3) is 0. The number of nitrogens with zero attached hydrogens (tertiary/aromatic N) is 5. The molecular weight excluding hydrogens is 302 g/mol. The summed E-state index contributed by atoms with van der Waals surface area (Å²) < 4.78 is 1.76. The minimum Gasteiger partial charge on any atom is -0.369 e. The van der Waals surface area contributed by atoms with Crippen LogP contribution in [0.1, 0.15) is 0 Å². The Hall–Kier alpha value is -2.93. The molecule has 0 fully saturated rings. The Labute approximate surface area is 129 Å². The average molecular weight is 312 g/mol. The second-order valence-corrected chi connectivity index (χ2v) is 5.16. The minimum absolute atomic E-state index is 0.196. The van der Waals surface area contributed by atoms with Crippen molar-refractivity contribution >= 4 is 40.0 Å². The van der Waals surface area contributed by atoms with Crippen LogP contribution in [0.4, 0.5) is 11.9 Å². The Balaban J connectivity index is 2.24. The number of hydrogen-bond donors (Lipinski definition) is 2. The van der Waals surface area contributed by atoms with Crippen LogP contribution in [0.3, 0.4) is 0 Å². The monoisotopic (exact) mass is 311 g/mol. The molecule has 0 aliphatic rings.